The van der Waals surface area contributed by atoms with Crippen LogP contribution in [-0.2, 0) is 11.3 Å². The molecular weight excluding hydrogens is 226 g/mol. The summed E-state index contributed by atoms with van der Waals surface area (Å²) in [4.78, 5) is 23.0. The van der Waals surface area contributed by atoms with Gasteiger partial charge in [0.25, 0.3) is 0 Å². The molecular formula is C10H15N3O2S. The maximum atomic E-state index is 11.3. The Labute approximate surface area is 98.0 Å². The Morgan fingerprint density at radius 1 is 1.56 bits per heavy atom. The first kappa shape index (κ1) is 12.7. The molecule has 3 amide bonds. The zero-order valence-electron chi connectivity index (χ0n) is 9.24. The van der Waals surface area contributed by atoms with Gasteiger partial charge in [0.1, 0.15) is 0 Å². The van der Waals surface area contributed by atoms with Gasteiger partial charge in [-0.25, -0.2) is 4.79 Å². The second-order valence-electron chi connectivity index (χ2n) is 3.48. The minimum Gasteiger partial charge on any atom is -0.351 e. The fraction of sp³-hybridized carbons (Fsp3) is 0.400. The molecule has 1 rings (SSSR count). The van der Waals surface area contributed by atoms with Gasteiger partial charge in [0.15, 0.2) is 0 Å². The van der Waals surface area contributed by atoms with Gasteiger partial charge in [0.05, 0.1) is 6.04 Å². The van der Waals surface area contributed by atoms with Crippen LogP contribution < -0.4 is 16.4 Å². The monoisotopic (exact) mass is 241 g/mol. The number of urea groups is 1. The second-order valence-corrected chi connectivity index (χ2v) is 4.48. The van der Waals surface area contributed by atoms with Crippen molar-refractivity contribution in [1.29, 1.82) is 0 Å². The van der Waals surface area contributed by atoms with Gasteiger partial charge < -0.3 is 11.1 Å². The first-order valence-electron chi connectivity index (χ1n) is 4.87. The lowest BCUT2D eigenvalue weighted by atomic mass is 10.2. The van der Waals surface area contributed by atoms with Gasteiger partial charge in [-0.1, -0.05) is 0 Å². The van der Waals surface area contributed by atoms with E-state index in [4.69, 9.17) is 5.73 Å². The highest BCUT2D eigenvalue weighted by Gasteiger charge is 2.13. The minimum atomic E-state index is -0.828. The molecule has 0 radical (unpaired) electrons. The Kier molecular flexibility index (Phi) is 4.45. The number of hydrogen-bond acceptors (Lipinski definition) is 4. The van der Waals surface area contributed by atoms with E-state index < -0.39 is 18.0 Å². The summed E-state index contributed by atoms with van der Waals surface area (Å²) in [5.41, 5.74) is 6.04. The van der Waals surface area contributed by atoms with Crippen molar-refractivity contribution < 1.29 is 9.59 Å². The van der Waals surface area contributed by atoms with Crippen molar-refractivity contribution in [2.75, 3.05) is 0 Å². The first-order chi connectivity index (χ1) is 7.50. The highest BCUT2D eigenvalue weighted by atomic mass is 32.1. The third kappa shape index (κ3) is 3.63. The Hall–Kier alpha value is -1.40. The van der Waals surface area contributed by atoms with E-state index >= 15 is 0 Å². The summed E-state index contributed by atoms with van der Waals surface area (Å²) in [5, 5.41) is 7.05. The van der Waals surface area contributed by atoms with Crippen LogP contribution in [0.5, 0.6) is 0 Å². The molecule has 16 heavy (non-hydrogen) atoms. The molecule has 0 aliphatic carbocycles. The van der Waals surface area contributed by atoms with Gasteiger partial charge in [-0.05, 0) is 30.9 Å². The van der Waals surface area contributed by atoms with Gasteiger partial charge in [-0.2, -0.15) is 0 Å². The summed E-state index contributed by atoms with van der Waals surface area (Å²) >= 11 is 1.63. The van der Waals surface area contributed by atoms with Crippen molar-refractivity contribution in [3.63, 3.8) is 0 Å². The van der Waals surface area contributed by atoms with E-state index in [1.807, 2.05) is 23.7 Å². The van der Waals surface area contributed by atoms with Crippen LogP contribution >= 0.6 is 11.3 Å². The lowest BCUT2D eigenvalue weighted by molar-refractivity contribution is -0.121. The van der Waals surface area contributed by atoms with Gasteiger partial charge in [0.2, 0.25) is 5.91 Å². The largest absolute Gasteiger partial charge is 0.351 e. The van der Waals surface area contributed by atoms with Gasteiger partial charge in [0, 0.05) is 11.4 Å². The number of rotatable bonds is 4. The molecule has 1 aromatic rings. The number of hydrogen-bond donors (Lipinski definition) is 3. The summed E-state index contributed by atoms with van der Waals surface area (Å²) in [5.74, 6) is -0.415. The summed E-state index contributed by atoms with van der Waals surface area (Å²) < 4.78 is 0. The van der Waals surface area contributed by atoms with E-state index in [1.54, 1.807) is 18.3 Å². The molecule has 4 N–H and O–H groups in total. The number of carbonyl (C=O) groups is 2. The van der Waals surface area contributed by atoms with Crippen LogP contribution in [-0.4, -0.2) is 18.0 Å². The van der Waals surface area contributed by atoms with Crippen LogP contribution in [0.4, 0.5) is 4.79 Å². The number of primary amides is 1. The maximum Gasteiger partial charge on any atom is 0.318 e. The van der Waals surface area contributed by atoms with Crippen molar-refractivity contribution >= 4 is 23.3 Å². The Balaban J connectivity index is 2.41. The van der Waals surface area contributed by atoms with Crippen molar-refractivity contribution in [2.24, 2.45) is 5.73 Å². The molecule has 5 nitrogen and oxygen atoms in total. The van der Waals surface area contributed by atoms with Crippen LogP contribution in [0.3, 0.4) is 0 Å². The normalized spacial score (nSPS) is 12.1. The standard InChI is InChI=1S/C10H15N3O2S/c1-6-3-4-16-8(6)5-12-7(2)9(14)13-10(11)15/h3-4,7,12H,5H2,1-2H3,(H3,11,13,14,15). The van der Waals surface area contributed by atoms with E-state index in [1.165, 1.54) is 10.4 Å². The highest BCUT2D eigenvalue weighted by molar-refractivity contribution is 7.10. The van der Waals surface area contributed by atoms with Crippen molar-refractivity contribution in [3.8, 4) is 0 Å². The molecule has 0 aromatic carbocycles. The van der Waals surface area contributed by atoms with Gasteiger partial charge in [-0.15, -0.1) is 11.3 Å². The predicted molar refractivity (Wildman–Crippen MR) is 63.1 cm³/mol. The van der Waals surface area contributed by atoms with Crippen LogP contribution in [0.15, 0.2) is 11.4 Å². The van der Waals surface area contributed by atoms with Crippen molar-refractivity contribution in [1.82, 2.24) is 10.6 Å². The molecule has 0 saturated heterocycles. The van der Waals surface area contributed by atoms with Gasteiger partial charge in [-0.3, -0.25) is 10.1 Å². The number of carbonyl (C=O) groups excluding carboxylic acids is 2. The molecule has 0 aliphatic rings. The van der Waals surface area contributed by atoms with E-state index in [2.05, 4.69) is 5.32 Å². The Bertz CT molecular complexity index is 389. The number of imide groups is 1. The molecule has 1 unspecified atom stereocenters. The summed E-state index contributed by atoms with van der Waals surface area (Å²) in [6, 6.07) is 0.746. The van der Waals surface area contributed by atoms with E-state index in [0.29, 0.717) is 6.54 Å². The molecule has 1 aromatic heterocycles. The molecule has 0 aliphatic heterocycles. The van der Waals surface area contributed by atoms with E-state index in [0.717, 1.165) is 0 Å². The predicted octanol–water partition coefficient (Wildman–Crippen LogP) is 0.730. The Morgan fingerprint density at radius 2 is 2.25 bits per heavy atom. The van der Waals surface area contributed by atoms with E-state index in [9.17, 15) is 9.59 Å². The molecule has 1 heterocycles. The summed E-state index contributed by atoms with van der Waals surface area (Å²) in [7, 11) is 0. The number of thiophene rings is 1. The van der Waals surface area contributed by atoms with Crippen molar-refractivity contribution in [2.45, 2.75) is 26.4 Å². The maximum absolute atomic E-state index is 11.3. The highest BCUT2D eigenvalue weighted by Crippen LogP contribution is 2.14. The minimum absolute atomic E-state index is 0.415. The smallest absolute Gasteiger partial charge is 0.318 e. The zero-order valence-corrected chi connectivity index (χ0v) is 10.1. The number of amides is 3. The van der Waals surface area contributed by atoms with E-state index in [-0.39, 0.29) is 0 Å². The topological polar surface area (TPSA) is 84.2 Å². The summed E-state index contributed by atoms with van der Waals surface area (Å²) in [6.45, 7) is 4.31. The Morgan fingerprint density at radius 3 is 2.75 bits per heavy atom. The van der Waals surface area contributed by atoms with Crippen LogP contribution in [0.2, 0.25) is 0 Å². The van der Waals surface area contributed by atoms with Crippen LogP contribution in [0.1, 0.15) is 17.4 Å². The fourth-order valence-electron chi connectivity index (χ4n) is 1.15. The molecule has 88 valence electrons. The lowest BCUT2D eigenvalue weighted by Gasteiger charge is -2.11. The molecule has 6 heteroatoms. The summed E-state index contributed by atoms with van der Waals surface area (Å²) in [6.07, 6.45) is 0. The van der Waals surface area contributed by atoms with Gasteiger partial charge >= 0.3 is 6.03 Å². The quantitative estimate of drug-likeness (QED) is 0.726. The SMILES string of the molecule is Cc1ccsc1CNC(C)C(=O)NC(N)=O. The fourth-order valence-corrected chi connectivity index (χ4v) is 2.01. The lowest BCUT2D eigenvalue weighted by Crippen LogP contribution is -2.46. The number of nitrogens with two attached hydrogens (primary N) is 1. The average Bonchev–Trinajstić information content (AvgIpc) is 2.59. The average molecular weight is 241 g/mol. The second kappa shape index (κ2) is 5.62. The van der Waals surface area contributed by atoms with Crippen molar-refractivity contribution in [3.05, 3.63) is 21.9 Å². The zero-order chi connectivity index (χ0) is 12.1. The molecule has 0 spiro atoms. The van der Waals surface area contributed by atoms with Crippen LogP contribution in [0, 0.1) is 6.92 Å². The number of aryl methyl sites for hydroxylation is 1. The molecule has 0 saturated carbocycles. The third-order valence-electron chi connectivity index (χ3n) is 2.18. The third-order valence-corrected chi connectivity index (χ3v) is 3.20. The molecule has 0 bridgehead atoms. The molecule has 0 fully saturated rings. The first-order valence-corrected chi connectivity index (χ1v) is 5.75. The molecule has 1 atom stereocenters. The number of nitrogens with one attached hydrogen (secondary N) is 2. The van der Waals surface area contributed by atoms with Crippen LogP contribution in [0.25, 0.3) is 0 Å².